The maximum Gasteiger partial charge on any atom is 0.229 e. The van der Waals surface area contributed by atoms with Crippen LogP contribution in [0.4, 0.5) is 0 Å². The molecule has 4 aromatic rings. The SMILES string of the molecule is CCOc1ccc(-n2c(SCc3noc(C4CC4)n3)nnc2-c2ccc(Br)cc2)cc1. The van der Waals surface area contributed by atoms with Gasteiger partial charge in [-0.1, -0.05) is 45.0 Å². The first-order chi connectivity index (χ1) is 15.2. The largest absolute Gasteiger partial charge is 0.494 e. The van der Waals surface area contributed by atoms with E-state index in [1.807, 2.05) is 60.0 Å². The van der Waals surface area contributed by atoms with Crippen LogP contribution in [-0.4, -0.2) is 31.5 Å². The quantitative estimate of drug-likeness (QED) is 0.291. The van der Waals surface area contributed by atoms with Gasteiger partial charge >= 0.3 is 0 Å². The predicted molar refractivity (Wildman–Crippen MR) is 121 cm³/mol. The van der Waals surface area contributed by atoms with Crippen molar-refractivity contribution in [1.29, 1.82) is 0 Å². The van der Waals surface area contributed by atoms with Crippen LogP contribution in [0.1, 0.15) is 37.4 Å². The molecule has 0 amide bonds. The molecule has 0 bridgehead atoms. The fourth-order valence-electron chi connectivity index (χ4n) is 3.19. The van der Waals surface area contributed by atoms with Crippen LogP contribution in [0.15, 0.2) is 62.7 Å². The molecule has 0 unspecified atom stereocenters. The van der Waals surface area contributed by atoms with Gasteiger partial charge in [-0.3, -0.25) is 4.57 Å². The van der Waals surface area contributed by atoms with E-state index in [0.29, 0.717) is 24.1 Å². The van der Waals surface area contributed by atoms with E-state index in [1.54, 1.807) is 0 Å². The second-order valence-electron chi connectivity index (χ2n) is 7.19. The molecule has 1 fully saturated rings. The molecule has 0 radical (unpaired) electrons. The monoisotopic (exact) mass is 497 g/mol. The summed E-state index contributed by atoms with van der Waals surface area (Å²) in [7, 11) is 0. The summed E-state index contributed by atoms with van der Waals surface area (Å²) >= 11 is 5.03. The lowest BCUT2D eigenvalue weighted by Crippen LogP contribution is -2.00. The summed E-state index contributed by atoms with van der Waals surface area (Å²) in [5, 5.41) is 13.8. The Morgan fingerprint density at radius 3 is 2.58 bits per heavy atom. The van der Waals surface area contributed by atoms with E-state index in [9.17, 15) is 0 Å². The Hall–Kier alpha value is -2.65. The normalized spacial score (nSPS) is 13.5. The van der Waals surface area contributed by atoms with Gasteiger partial charge in [0.25, 0.3) is 0 Å². The number of halogens is 1. The average Bonchev–Trinajstić information content (AvgIpc) is 3.38. The molecule has 0 saturated heterocycles. The van der Waals surface area contributed by atoms with E-state index in [1.165, 1.54) is 11.8 Å². The third kappa shape index (κ3) is 4.52. The van der Waals surface area contributed by atoms with Gasteiger partial charge in [0.2, 0.25) is 5.89 Å². The fourth-order valence-corrected chi connectivity index (χ4v) is 4.25. The van der Waals surface area contributed by atoms with Crippen LogP contribution in [0, 0.1) is 0 Å². The zero-order valence-electron chi connectivity index (χ0n) is 16.9. The Kier molecular flexibility index (Phi) is 5.78. The number of thioether (sulfide) groups is 1. The molecule has 0 N–H and O–H groups in total. The Bertz CT molecular complexity index is 1170. The number of hydrogen-bond donors (Lipinski definition) is 0. The number of ether oxygens (including phenoxy) is 1. The summed E-state index contributed by atoms with van der Waals surface area (Å²) in [6.45, 7) is 2.60. The van der Waals surface area contributed by atoms with Crippen molar-refractivity contribution >= 4 is 27.7 Å². The molecule has 5 rings (SSSR count). The van der Waals surface area contributed by atoms with Crippen LogP contribution in [0.2, 0.25) is 0 Å². The van der Waals surface area contributed by atoms with Gasteiger partial charge in [-0.25, -0.2) is 0 Å². The van der Waals surface area contributed by atoms with Gasteiger partial charge < -0.3 is 9.26 Å². The Morgan fingerprint density at radius 2 is 1.87 bits per heavy atom. The van der Waals surface area contributed by atoms with E-state index in [-0.39, 0.29) is 0 Å². The zero-order chi connectivity index (χ0) is 21.2. The summed E-state index contributed by atoms with van der Waals surface area (Å²) in [4.78, 5) is 4.52. The highest BCUT2D eigenvalue weighted by Gasteiger charge is 2.29. The third-order valence-corrected chi connectivity index (χ3v) is 6.34. The minimum absolute atomic E-state index is 0.447. The second-order valence-corrected chi connectivity index (χ2v) is 9.05. The molecule has 1 aliphatic rings. The molecule has 158 valence electrons. The third-order valence-electron chi connectivity index (χ3n) is 4.88. The van der Waals surface area contributed by atoms with E-state index < -0.39 is 0 Å². The molecule has 2 aromatic carbocycles. The van der Waals surface area contributed by atoms with Crippen LogP contribution in [0.3, 0.4) is 0 Å². The maximum absolute atomic E-state index is 5.59. The number of benzene rings is 2. The van der Waals surface area contributed by atoms with E-state index in [4.69, 9.17) is 9.26 Å². The van der Waals surface area contributed by atoms with Crippen LogP contribution >= 0.6 is 27.7 Å². The molecule has 0 atom stereocenters. The summed E-state index contributed by atoms with van der Waals surface area (Å²) in [6.07, 6.45) is 2.27. The maximum atomic E-state index is 5.59. The van der Waals surface area contributed by atoms with Gasteiger partial charge in [-0.05, 0) is 56.2 Å². The van der Waals surface area contributed by atoms with E-state index >= 15 is 0 Å². The van der Waals surface area contributed by atoms with Crippen molar-refractivity contribution in [3.05, 3.63) is 64.7 Å². The molecule has 1 saturated carbocycles. The standard InChI is InChI=1S/C22H20BrN5O2S/c1-2-29-18-11-9-17(10-12-18)28-20(14-5-7-16(23)8-6-14)25-26-22(28)31-13-19-24-21(30-27-19)15-3-4-15/h5-12,15H,2-4,13H2,1H3. The minimum atomic E-state index is 0.447. The first-order valence-corrected chi connectivity index (χ1v) is 11.9. The van der Waals surface area contributed by atoms with Gasteiger partial charge in [0.05, 0.1) is 12.4 Å². The lowest BCUT2D eigenvalue weighted by Gasteiger charge is -2.11. The molecule has 2 heterocycles. The van der Waals surface area contributed by atoms with Gasteiger partial charge in [0.1, 0.15) is 5.75 Å². The van der Waals surface area contributed by atoms with Crippen molar-refractivity contribution in [2.75, 3.05) is 6.61 Å². The second kappa shape index (κ2) is 8.84. The Balaban J connectivity index is 1.46. The summed E-state index contributed by atoms with van der Waals surface area (Å²) < 4.78 is 14.0. The predicted octanol–water partition coefficient (Wildman–Crippen LogP) is 5.65. The number of nitrogens with zero attached hydrogens (tertiary/aromatic N) is 5. The minimum Gasteiger partial charge on any atom is -0.494 e. The highest BCUT2D eigenvalue weighted by atomic mass is 79.9. The van der Waals surface area contributed by atoms with Gasteiger partial charge in [0, 0.05) is 21.6 Å². The van der Waals surface area contributed by atoms with Crippen molar-refractivity contribution in [2.24, 2.45) is 0 Å². The first kappa shape index (κ1) is 20.3. The van der Waals surface area contributed by atoms with Gasteiger partial charge in [-0.2, -0.15) is 4.98 Å². The molecule has 7 nitrogen and oxygen atoms in total. The van der Waals surface area contributed by atoms with Crippen molar-refractivity contribution in [2.45, 2.75) is 36.6 Å². The molecule has 2 aromatic heterocycles. The summed E-state index contributed by atoms with van der Waals surface area (Å²) in [5.74, 6) is 4.04. The average molecular weight is 498 g/mol. The fraction of sp³-hybridized carbons (Fsp3) is 0.273. The molecule has 0 spiro atoms. The first-order valence-electron chi connectivity index (χ1n) is 10.1. The number of rotatable bonds is 8. The Morgan fingerprint density at radius 1 is 1.10 bits per heavy atom. The zero-order valence-corrected chi connectivity index (χ0v) is 19.3. The molecule has 1 aliphatic carbocycles. The van der Waals surface area contributed by atoms with E-state index in [0.717, 1.165) is 51.2 Å². The van der Waals surface area contributed by atoms with Crippen LogP contribution in [-0.2, 0) is 5.75 Å². The topological polar surface area (TPSA) is 78.9 Å². The number of hydrogen-bond acceptors (Lipinski definition) is 7. The molecule has 31 heavy (non-hydrogen) atoms. The smallest absolute Gasteiger partial charge is 0.229 e. The van der Waals surface area contributed by atoms with Crippen molar-refractivity contribution in [3.63, 3.8) is 0 Å². The molecule has 0 aliphatic heterocycles. The van der Waals surface area contributed by atoms with Gasteiger partial charge in [-0.15, -0.1) is 10.2 Å². The molecular formula is C22H20BrN5O2S. The molecule has 9 heteroatoms. The lowest BCUT2D eigenvalue weighted by atomic mass is 10.2. The molecular weight excluding hydrogens is 478 g/mol. The van der Waals surface area contributed by atoms with Crippen LogP contribution in [0.5, 0.6) is 5.75 Å². The van der Waals surface area contributed by atoms with Crippen LogP contribution < -0.4 is 4.74 Å². The van der Waals surface area contributed by atoms with Crippen molar-refractivity contribution in [1.82, 2.24) is 24.9 Å². The van der Waals surface area contributed by atoms with Crippen LogP contribution in [0.25, 0.3) is 17.1 Å². The lowest BCUT2D eigenvalue weighted by molar-refractivity contribution is 0.340. The number of aromatic nitrogens is 5. The van der Waals surface area contributed by atoms with E-state index in [2.05, 4.69) is 36.3 Å². The van der Waals surface area contributed by atoms with Crippen molar-refractivity contribution < 1.29 is 9.26 Å². The summed E-state index contributed by atoms with van der Waals surface area (Å²) in [5.41, 5.74) is 1.94. The summed E-state index contributed by atoms with van der Waals surface area (Å²) in [6, 6.07) is 16.0. The van der Waals surface area contributed by atoms with Crippen molar-refractivity contribution in [3.8, 4) is 22.8 Å². The highest BCUT2D eigenvalue weighted by molar-refractivity contribution is 9.10. The highest BCUT2D eigenvalue weighted by Crippen LogP contribution is 2.39. The van der Waals surface area contributed by atoms with Gasteiger partial charge in [0.15, 0.2) is 16.8 Å². The Labute approximate surface area is 192 Å².